The Bertz CT molecular complexity index is 1190. The molecule has 0 saturated carbocycles. The van der Waals surface area contributed by atoms with E-state index in [2.05, 4.69) is 144 Å². The zero-order valence-corrected chi connectivity index (χ0v) is 35.7. The van der Waals surface area contributed by atoms with Crippen LogP contribution in [0.15, 0.2) is 82.0 Å². The van der Waals surface area contributed by atoms with Gasteiger partial charge in [0.05, 0.1) is 11.2 Å². The molecular weight excluding hydrogens is 679 g/mol. The predicted octanol–water partition coefficient (Wildman–Crippen LogP) is 4.82. The fourth-order valence-corrected chi connectivity index (χ4v) is 7.46. The molecule has 0 aromatic heterocycles. The molecular formula is C40H58Cl2O2Ti2. The summed E-state index contributed by atoms with van der Waals surface area (Å²) in [5.41, 5.74) is 7.32. The van der Waals surface area contributed by atoms with Crippen LogP contribution in [-0.2, 0) is 52.9 Å². The van der Waals surface area contributed by atoms with Crippen LogP contribution in [0.5, 0.6) is 0 Å². The molecule has 4 rings (SSSR count). The van der Waals surface area contributed by atoms with Gasteiger partial charge in [0.1, 0.15) is 0 Å². The maximum atomic E-state index is 6.24. The summed E-state index contributed by atoms with van der Waals surface area (Å²) < 4.78 is 12.5. The van der Waals surface area contributed by atoms with Crippen molar-refractivity contribution in [1.29, 1.82) is 0 Å². The molecule has 46 heavy (non-hydrogen) atoms. The number of halogens is 2. The molecule has 0 bridgehead atoms. The van der Waals surface area contributed by atoms with Crippen LogP contribution in [0.25, 0.3) is 0 Å². The maximum Gasteiger partial charge on any atom is 2.00 e. The largest absolute Gasteiger partial charge is 2.00 e. The van der Waals surface area contributed by atoms with Crippen molar-refractivity contribution < 1.29 is 77.7 Å². The van der Waals surface area contributed by atoms with Crippen molar-refractivity contribution in [1.82, 2.24) is 0 Å². The third kappa shape index (κ3) is 9.14. The summed E-state index contributed by atoms with van der Waals surface area (Å²) >= 11 is 0. The quantitative estimate of drug-likeness (QED) is 0.288. The summed E-state index contributed by atoms with van der Waals surface area (Å²) in [4.78, 5) is 0. The van der Waals surface area contributed by atoms with Gasteiger partial charge in [0.2, 0.25) is 0 Å². The van der Waals surface area contributed by atoms with Gasteiger partial charge in [0.15, 0.2) is 0 Å². The Labute approximate surface area is 325 Å². The van der Waals surface area contributed by atoms with E-state index in [1.54, 1.807) is 0 Å². The van der Waals surface area contributed by atoms with Gasteiger partial charge in [-0.2, -0.15) is 12.2 Å². The van der Waals surface area contributed by atoms with Crippen LogP contribution in [0.3, 0.4) is 0 Å². The molecule has 0 fully saturated rings. The van der Waals surface area contributed by atoms with Gasteiger partial charge in [-0.3, -0.25) is 12.2 Å². The second-order valence-electron chi connectivity index (χ2n) is 15.6. The number of hydrogen-bond acceptors (Lipinski definition) is 2. The van der Waals surface area contributed by atoms with Crippen molar-refractivity contribution in [2.45, 2.75) is 120 Å². The summed E-state index contributed by atoms with van der Waals surface area (Å²) in [7, 11) is 3.71. The number of methoxy groups -OCH3 is 2. The van der Waals surface area contributed by atoms with E-state index in [0.29, 0.717) is 0 Å². The molecule has 0 heterocycles. The summed E-state index contributed by atoms with van der Waals surface area (Å²) in [6, 6.07) is 0. The van der Waals surface area contributed by atoms with E-state index < -0.39 is 0 Å². The Kier molecular flexibility index (Phi) is 18.4. The molecule has 0 N–H and O–H groups in total. The maximum absolute atomic E-state index is 6.24. The number of ether oxygens (including phenoxy) is 2. The fourth-order valence-electron chi connectivity index (χ4n) is 7.46. The van der Waals surface area contributed by atoms with Crippen molar-refractivity contribution in [2.75, 3.05) is 14.2 Å². The van der Waals surface area contributed by atoms with Crippen LogP contribution in [0.4, 0.5) is 0 Å². The molecule has 0 aromatic carbocycles. The standard InChI is InChI=1S/2C20H29O.2ClH.2Ti/c2*1-15-12-13-20(21-7,17(14-15)18(2,3)4)19(5,6)16-10-8-9-11-16;;;;/h2*8,10,12,14H,9,13H2,1-7H3;2*1H;;/q2*-1;;;2*+2/p-2. The Morgan fingerprint density at radius 1 is 0.587 bits per heavy atom. The zero-order valence-electron chi connectivity index (χ0n) is 31.0. The second kappa shape index (κ2) is 17.7. The molecule has 0 saturated heterocycles. The van der Waals surface area contributed by atoms with Crippen LogP contribution in [0.2, 0.25) is 0 Å². The van der Waals surface area contributed by atoms with Crippen molar-refractivity contribution in [3.05, 3.63) is 94.2 Å². The molecule has 4 aliphatic rings. The Balaban J connectivity index is 0. The second-order valence-corrected chi connectivity index (χ2v) is 15.6. The Morgan fingerprint density at radius 2 is 0.891 bits per heavy atom. The van der Waals surface area contributed by atoms with E-state index in [0.717, 1.165) is 25.7 Å². The van der Waals surface area contributed by atoms with E-state index in [1.165, 1.54) is 33.4 Å². The SMILES string of the molecule is COC1(C(C)(C)C2=[C-]CC=C2)CC=C(C)C=C1C(C)(C)C.COC1(C(C)(C)C2=[C-]CC=C2)CC=C(C)C=C1C(C)(C)C.[Cl-].[Cl-].[Ti+2].[Ti+2]. The van der Waals surface area contributed by atoms with Gasteiger partial charge in [-0.15, -0.1) is 12.8 Å². The minimum absolute atomic E-state index is 0. The fraction of sp³-hybridized carbons (Fsp3) is 0.600. The van der Waals surface area contributed by atoms with E-state index in [9.17, 15) is 0 Å². The van der Waals surface area contributed by atoms with E-state index in [4.69, 9.17) is 9.47 Å². The van der Waals surface area contributed by atoms with Gasteiger partial charge >= 0.3 is 43.4 Å². The first kappa shape index (κ1) is 48.0. The van der Waals surface area contributed by atoms with Crippen molar-refractivity contribution in [3.63, 3.8) is 0 Å². The molecule has 0 amide bonds. The third-order valence-electron chi connectivity index (χ3n) is 10.1. The van der Waals surface area contributed by atoms with Gasteiger partial charge in [-0.25, -0.2) is 23.3 Å². The first-order valence-electron chi connectivity index (χ1n) is 15.7. The topological polar surface area (TPSA) is 18.5 Å². The Hall–Kier alpha value is -0.151. The van der Waals surface area contributed by atoms with Crippen molar-refractivity contribution >= 4 is 0 Å². The predicted molar refractivity (Wildman–Crippen MR) is 180 cm³/mol. The smallest absolute Gasteiger partial charge is 1.00 e. The number of allylic oxidation sites excluding steroid dienone is 10. The summed E-state index contributed by atoms with van der Waals surface area (Å²) in [5, 5.41) is 0. The van der Waals surface area contributed by atoms with Crippen LogP contribution in [0.1, 0.15) is 109 Å². The third-order valence-corrected chi connectivity index (χ3v) is 10.1. The first-order chi connectivity index (χ1) is 19.3. The van der Waals surface area contributed by atoms with Crippen LogP contribution in [0, 0.1) is 33.8 Å². The van der Waals surface area contributed by atoms with Crippen molar-refractivity contribution in [3.8, 4) is 0 Å². The molecule has 0 aliphatic heterocycles. The minimum Gasteiger partial charge on any atom is -1.00 e. The van der Waals surface area contributed by atoms with Crippen LogP contribution < -0.4 is 24.8 Å². The van der Waals surface area contributed by atoms with E-state index in [1.807, 2.05) is 14.2 Å². The molecule has 0 spiro atoms. The van der Waals surface area contributed by atoms with E-state index >= 15 is 0 Å². The molecule has 4 aliphatic carbocycles. The zero-order chi connectivity index (χ0) is 31.8. The summed E-state index contributed by atoms with van der Waals surface area (Å²) in [5.74, 6) is 0. The average Bonchev–Trinajstić information content (AvgIpc) is 3.64. The van der Waals surface area contributed by atoms with E-state index in [-0.39, 0.29) is 101 Å². The van der Waals surface area contributed by atoms with Gasteiger partial charge < -0.3 is 34.3 Å². The Morgan fingerprint density at radius 3 is 1.11 bits per heavy atom. The van der Waals surface area contributed by atoms with Crippen LogP contribution in [-0.4, -0.2) is 25.4 Å². The molecule has 2 atom stereocenters. The minimum atomic E-state index is -0.304. The summed E-state index contributed by atoms with van der Waals surface area (Å²) in [6.07, 6.45) is 28.8. The molecule has 6 heteroatoms. The average molecular weight is 738 g/mol. The molecule has 0 radical (unpaired) electrons. The molecule has 252 valence electrons. The van der Waals surface area contributed by atoms with Gasteiger partial charge in [-0.1, -0.05) is 105 Å². The normalized spacial score (nSPS) is 24.2. The summed E-state index contributed by atoms with van der Waals surface area (Å²) in [6.45, 7) is 27.2. The van der Waals surface area contributed by atoms with Crippen molar-refractivity contribution in [2.24, 2.45) is 21.7 Å². The van der Waals surface area contributed by atoms with Gasteiger partial charge in [-0.05, 0) is 59.5 Å². The molecule has 0 aromatic rings. The number of hydrogen-bond donors (Lipinski definition) is 0. The van der Waals surface area contributed by atoms with Gasteiger partial charge in [0.25, 0.3) is 0 Å². The first-order valence-corrected chi connectivity index (χ1v) is 15.7. The van der Waals surface area contributed by atoms with Crippen LogP contribution >= 0.6 is 0 Å². The molecule has 2 nitrogen and oxygen atoms in total. The number of rotatable bonds is 6. The van der Waals surface area contributed by atoms with Gasteiger partial charge in [0, 0.05) is 14.2 Å². The monoisotopic (exact) mass is 736 g/mol. The molecule has 2 unspecified atom stereocenters.